The van der Waals surface area contributed by atoms with Crippen LogP contribution in [-0.4, -0.2) is 70.6 Å². The van der Waals surface area contributed by atoms with Crippen molar-refractivity contribution in [3.8, 4) is 5.75 Å². The Hall–Kier alpha value is -3.87. The highest BCUT2D eigenvalue weighted by Gasteiger charge is 2.30. The van der Waals surface area contributed by atoms with Crippen molar-refractivity contribution < 1.29 is 29.4 Å². The van der Waals surface area contributed by atoms with E-state index in [1.807, 2.05) is 0 Å². The molecule has 0 saturated carbocycles. The molecule has 13 nitrogen and oxygen atoms in total. The molecule has 200 valence electrons. The molecule has 36 heavy (non-hydrogen) atoms. The molecule has 0 aromatic heterocycles. The van der Waals surface area contributed by atoms with E-state index in [-0.39, 0.29) is 37.0 Å². The van der Waals surface area contributed by atoms with Crippen molar-refractivity contribution >= 4 is 29.7 Å². The summed E-state index contributed by atoms with van der Waals surface area (Å²) < 4.78 is 0. The number of carbonyl (C=O) groups is 4. The Bertz CT molecular complexity index is 931. The van der Waals surface area contributed by atoms with Crippen LogP contribution in [-0.2, 0) is 25.6 Å². The van der Waals surface area contributed by atoms with E-state index in [0.717, 1.165) is 5.56 Å². The lowest BCUT2D eigenvalue weighted by atomic mass is 10.0. The molecule has 0 aliphatic rings. The number of nitrogens with one attached hydrogen (secondary N) is 3. The minimum absolute atomic E-state index is 0.0854. The molecule has 1 aromatic rings. The fourth-order valence-electron chi connectivity index (χ4n) is 3.20. The summed E-state index contributed by atoms with van der Waals surface area (Å²) in [5, 5.41) is 26.2. The summed E-state index contributed by atoms with van der Waals surface area (Å²) in [6, 6.07) is 2.06. The second kappa shape index (κ2) is 14.5. The minimum atomic E-state index is -1.23. The number of nitrogens with zero attached hydrogens (tertiary/aromatic N) is 1. The lowest BCUT2D eigenvalue weighted by Crippen LogP contribution is -2.57. The van der Waals surface area contributed by atoms with Crippen LogP contribution < -0.4 is 33.2 Å². The summed E-state index contributed by atoms with van der Waals surface area (Å²) in [4.78, 5) is 53.2. The molecule has 0 radical (unpaired) electrons. The summed E-state index contributed by atoms with van der Waals surface area (Å²) in [7, 11) is 0. The molecular formula is C23H37N7O6. The summed E-state index contributed by atoms with van der Waals surface area (Å²) in [5.41, 5.74) is 17.2. The third-order valence-corrected chi connectivity index (χ3v) is 5.29. The Morgan fingerprint density at radius 3 is 2.08 bits per heavy atom. The van der Waals surface area contributed by atoms with Gasteiger partial charge in [0.05, 0.1) is 6.04 Å². The number of carbonyl (C=O) groups excluding carboxylic acids is 3. The van der Waals surface area contributed by atoms with Crippen molar-refractivity contribution in [2.45, 2.75) is 64.2 Å². The molecule has 1 rings (SSSR count). The predicted molar refractivity (Wildman–Crippen MR) is 134 cm³/mol. The maximum atomic E-state index is 12.8. The average Bonchev–Trinajstić information content (AvgIpc) is 2.79. The fraction of sp³-hybridized carbons (Fsp3) is 0.522. The number of hydrogen-bond acceptors (Lipinski definition) is 7. The maximum Gasteiger partial charge on any atom is 0.326 e. The number of phenolic OH excluding ortho intramolecular Hbond substituents is 1. The third kappa shape index (κ3) is 10.6. The van der Waals surface area contributed by atoms with Crippen LogP contribution in [0.5, 0.6) is 5.75 Å². The number of aromatic hydroxyl groups is 1. The fourth-order valence-corrected chi connectivity index (χ4v) is 3.20. The predicted octanol–water partition coefficient (Wildman–Crippen LogP) is -1.47. The van der Waals surface area contributed by atoms with Gasteiger partial charge in [-0.25, -0.2) is 4.79 Å². The van der Waals surface area contributed by atoms with E-state index >= 15 is 0 Å². The van der Waals surface area contributed by atoms with Crippen LogP contribution in [0.4, 0.5) is 0 Å². The molecule has 0 fully saturated rings. The Kier molecular flexibility index (Phi) is 12.2. The first-order valence-electron chi connectivity index (χ1n) is 11.5. The number of carboxylic acid groups (broad SMARTS) is 1. The molecule has 0 heterocycles. The van der Waals surface area contributed by atoms with Crippen LogP contribution in [0.3, 0.4) is 0 Å². The summed E-state index contributed by atoms with van der Waals surface area (Å²) in [6.45, 7) is 5.05. The van der Waals surface area contributed by atoms with E-state index in [0.29, 0.717) is 6.42 Å². The number of phenols is 1. The molecule has 4 unspecified atom stereocenters. The number of amides is 3. The lowest BCUT2D eigenvalue weighted by Gasteiger charge is -2.25. The van der Waals surface area contributed by atoms with Gasteiger partial charge in [0.15, 0.2) is 5.96 Å². The molecular weight excluding hydrogens is 470 g/mol. The highest BCUT2D eigenvalue weighted by Crippen LogP contribution is 2.11. The number of carboxylic acids is 1. The van der Waals surface area contributed by atoms with Gasteiger partial charge in [-0.2, -0.15) is 0 Å². The standard InChI is InChI=1S/C23H37N7O6/c1-12(2)18(30-20(33)16(24)11-14-6-8-15(31)9-7-14)21(34)28-13(3)19(32)29-17(22(35)36)5-4-10-27-23(25)26/h6-9,12-13,16-18,31H,4-5,10-11,24H2,1-3H3,(H,28,34)(H,29,32)(H,30,33)(H,35,36)(H4,25,26,27). The van der Waals surface area contributed by atoms with Crippen molar-refractivity contribution in [3.63, 3.8) is 0 Å². The van der Waals surface area contributed by atoms with Crippen LogP contribution in [0, 0.1) is 5.92 Å². The van der Waals surface area contributed by atoms with Crippen LogP contribution >= 0.6 is 0 Å². The van der Waals surface area contributed by atoms with Crippen molar-refractivity contribution in [3.05, 3.63) is 29.8 Å². The van der Waals surface area contributed by atoms with Gasteiger partial charge in [0.2, 0.25) is 17.7 Å². The average molecular weight is 508 g/mol. The number of rotatable bonds is 14. The maximum absolute atomic E-state index is 12.8. The highest BCUT2D eigenvalue weighted by molar-refractivity contribution is 5.94. The topological polar surface area (TPSA) is 235 Å². The first-order chi connectivity index (χ1) is 16.8. The van der Waals surface area contributed by atoms with Gasteiger partial charge >= 0.3 is 5.97 Å². The van der Waals surface area contributed by atoms with Gasteiger partial charge in [0.1, 0.15) is 23.9 Å². The molecule has 0 bridgehead atoms. The highest BCUT2D eigenvalue weighted by atomic mass is 16.4. The van der Waals surface area contributed by atoms with Gasteiger partial charge in [0.25, 0.3) is 0 Å². The number of aliphatic carboxylic acids is 1. The molecule has 4 atom stereocenters. The van der Waals surface area contributed by atoms with Gasteiger partial charge in [0, 0.05) is 6.54 Å². The molecule has 0 aliphatic carbocycles. The van der Waals surface area contributed by atoms with E-state index in [1.165, 1.54) is 19.1 Å². The van der Waals surface area contributed by atoms with Crippen LogP contribution in [0.15, 0.2) is 29.3 Å². The van der Waals surface area contributed by atoms with Crippen molar-refractivity contribution in [1.29, 1.82) is 0 Å². The van der Waals surface area contributed by atoms with Gasteiger partial charge in [-0.1, -0.05) is 26.0 Å². The Balaban J connectivity index is 2.69. The van der Waals surface area contributed by atoms with Crippen LogP contribution in [0.2, 0.25) is 0 Å². The molecule has 1 aromatic carbocycles. The van der Waals surface area contributed by atoms with Crippen molar-refractivity contribution in [2.24, 2.45) is 28.1 Å². The van der Waals surface area contributed by atoms with Gasteiger partial charge in [-0.15, -0.1) is 0 Å². The summed E-state index contributed by atoms with van der Waals surface area (Å²) in [5.74, 6) is -3.45. The monoisotopic (exact) mass is 507 g/mol. The van der Waals surface area contributed by atoms with Gasteiger partial charge < -0.3 is 43.4 Å². The number of aliphatic imine (C=N–C) groups is 1. The summed E-state index contributed by atoms with van der Waals surface area (Å²) >= 11 is 0. The SMILES string of the molecule is CC(NC(=O)C(NC(=O)C(N)Cc1ccc(O)cc1)C(C)C)C(=O)NC(CCCN=C(N)N)C(=O)O. The molecule has 0 saturated heterocycles. The third-order valence-electron chi connectivity index (χ3n) is 5.29. The van der Waals surface area contributed by atoms with E-state index in [1.54, 1.807) is 26.0 Å². The number of nitrogens with two attached hydrogens (primary N) is 3. The second-order valence-corrected chi connectivity index (χ2v) is 8.79. The summed E-state index contributed by atoms with van der Waals surface area (Å²) in [6.07, 6.45) is 0.598. The van der Waals surface area contributed by atoms with E-state index in [9.17, 15) is 29.4 Å². The first-order valence-corrected chi connectivity index (χ1v) is 11.5. The molecule has 3 amide bonds. The minimum Gasteiger partial charge on any atom is -0.508 e. The van der Waals surface area contributed by atoms with Crippen LogP contribution in [0.25, 0.3) is 0 Å². The largest absolute Gasteiger partial charge is 0.508 e. The van der Waals surface area contributed by atoms with Crippen molar-refractivity contribution in [2.75, 3.05) is 6.54 Å². The quantitative estimate of drug-likeness (QED) is 0.0832. The first kappa shape index (κ1) is 30.2. The van der Waals surface area contributed by atoms with E-state index < -0.39 is 47.9 Å². The Labute approximate surface area is 209 Å². The Morgan fingerprint density at radius 1 is 0.944 bits per heavy atom. The zero-order chi connectivity index (χ0) is 27.4. The smallest absolute Gasteiger partial charge is 0.326 e. The Morgan fingerprint density at radius 2 is 1.56 bits per heavy atom. The van der Waals surface area contributed by atoms with Crippen molar-refractivity contribution in [1.82, 2.24) is 16.0 Å². The second-order valence-electron chi connectivity index (χ2n) is 8.79. The molecule has 0 spiro atoms. The molecule has 0 aliphatic heterocycles. The normalized spacial score (nSPS) is 14.1. The number of benzene rings is 1. The zero-order valence-corrected chi connectivity index (χ0v) is 20.7. The van der Waals surface area contributed by atoms with E-state index in [2.05, 4.69) is 20.9 Å². The van der Waals surface area contributed by atoms with Crippen LogP contribution in [0.1, 0.15) is 39.2 Å². The number of hydrogen-bond donors (Lipinski definition) is 8. The lowest BCUT2D eigenvalue weighted by molar-refractivity contribution is -0.142. The van der Waals surface area contributed by atoms with Gasteiger partial charge in [-0.3, -0.25) is 19.4 Å². The zero-order valence-electron chi connectivity index (χ0n) is 20.7. The van der Waals surface area contributed by atoms with E-state index in [4.69, 9.17) is 17.2 Å². The van der Waals surface area contributed by atoms with Gasteiger partial charge in [-0.05, 0) is 49.8 Å². The molecule has 11 N–H and O–H groups in total. The number of guanidine groups is 1. The molecule has 13 heteroatoms.